The summed E-state index contributed by atoms with van der Waals surface area (Å²) in [7, 11) is 1.65. The van der Waals surface area contributed by atoms with Crippen LogP contribution in [-0.4, -0.2) is 19.2 Å². The first-order chi connectivity index (χ1) is 17.0. The fraction of sp³-hybridized carbons (Fsp3) is 0.0769. The summed E-state index contributed by atoms with van der Waals surface area (Å²) in [4.78, 5) is 24.9. The zero-order valence-corrected chi connectivity index (χ0v) is 19.2. The molecule has 0 fully saturated rings. The topological polar surface area (TPSA) is 91.6 Å². The van der Waals surface area contributed by atoms with Gasteiger partial charge in [0.15, 0.2) is 5.82 Å². The molecule has 6 rings (SSSR count). The van der Waals surface area contributed by atoms with Crippen molar-refractivity contribution < 1.29 is 9.15 Å². The molecule has 0 spiro atoms. The van der Waals surface area contributed by atoms with Gasteiger partial charge < -0.3 is 9.15 Å². The van der Waals surface area contributed by atoms with Crippen LogP contribution in [0.25, 0.3) is 38.8 Å². The predicted octanol–water partition coefficient (Wildman–Crippen LogP) is 4.59. The van der Waals surface area contributed by atoms with Crippen LogP contribution in [0.3, 0.4) is 0 Å². The SMILES string of the molecule is Cn1c(=O)c2ccccc2n2c(COc3cc4oc(=O)cc(-c5ccccc5)c4cc3Cl)nnc12. The van der Waals surface area contributed by atoms with E-state index in [0.717, 1.165) is 11.1 Å². The highest BCUT2D eigenvalue weighted by Crippen LogP contribution is 2.35. The Morgan fingerprint density at radius 1 is 0.943 bits per heavy atom. The van der Waals surface area contributed by atoms with Crippen LogP contribution in [0.2, 0.25) is 5.02 Å². The first-order valence-electron chi connectivity index (χ1n) is 10.8. The molecule has 35 heavy (non-hydrogen) atoms. The van der Waals surface area contributed by atoms with Crippen molar-refractivity contribution >= 4 is 39.3 Å². The molecular weight excluding hydrogens is 468 g/mol. The van der Waals surface area contributed by atoms with Crippen molar-refractivity contribution in [2.75, 3.05) is 0 Å². The summed E-state index contributed by atoms with van der Waals surface area (Å²) < 4.78 is 14.7. The Balaban J connectivity index is 1.43. The maximum absolute atomic E-state index is 12.7. The molecular formula is C26H17ClN4O4. The largest absolute Gasteiger partial charge is 0.484 e. The molecule has 3 aromatic heterocycles. The summed E-state index contributed by atoms with van der Waals surface area (Å²) in [6.45, 7) is 0.0250. The number of nitrogens with zero attached hydrogens (tertiary/aromatic N) is 4. The number of halogens is 1. The van der Waals surface area contributed by atoms with Crippen LogP contribution in [0.5, 0.6) is 5.75 Å². The van der Waals surface area contributed by atoms with Crippen LogP contribution in [0, 0.1) is 0 Å². The lowest BCUT2D eigenvalue weighted by Gasteiger charge is -2.11. The summed E-state index contributed by atoms with van der Waals surface area (Å²) in [5.74, 6) is 1.22. The standard InChI is InChI=1S/C26H17ClN4O4/c1-30-25(33)16-9-5-6-10-20(16)31-23(28-29-26(30)31)14-34-22-13-21-18(11-19(22)27)17(12-24(32)35-21)15-7-3-2-4-8-15/h2-13H,14H2,1H3. The van der Waals surface area contributed by atoms with Crippen molar-refractivity contribution in [2.45, 2.75) is 6.61 Å². The van der Waals surface area contributed by atoms with Gasteiger partial charge in [0.05, 0.1) is 15.9 Å². The van der Waals surface area contributed by atoms with Crippen LogP contribution < -0.4 is 15.9 Å². The van der Waals surface area contributed by atoms with Gasteiger partial charge in [0.1, 0.15) is 17.9 Å². The average Bonchev–Trinajstić information content (AvgIpc) is 3.31. The smallest absolute Gasteiger partial charge is 0.336 e. The lowest BCUT2D eigenvalue weighted by molar-refractivity contribution is 0.295. The summed E-state index contributed by atoms with van der Waals surface area (Å²) >= 11 is 6.57. The Labute approximate surface area is 202 Å². The third kappa shape index (κ3) is 3.46. The number of benzene rings is 3. The Kier molecular flexibility index (Phi) is 4.89. The van der Waals surface area contributed by atoms with E-state index in [9.17, 15) is 9.59 Å². The minimum Gasteiger partial charge on any atom is -0.484 e. The van der Waals surface area contributed by atoms with E-state index in [1.807, 2.05) is 48.5 Å². The van der Waals surface area contributed by atoms with Gasteiger partial charge in [-0.1, -0.05) is 54.1 Å². The van der Waals surface area contributed by atoms with Gasteiger partial charge in [-0.3, -0.25) is 13.8 Å². The molecule has 0 radical (unpaired) electrons. The normalized spacial score (nSPS) is 11.5. The van der Waals surface area contributed by atoms with E-state index in [1.54, 1.807) is 29.6 Å². The number of ether oxygens (including phenoxy) is 1. The number of aromatic nitrogens is 4. The number of hydrogen-bond donors (Lipinski definition) is 0. The summed E-state index contributed by atoms with van der Waals surface area (Å²) in [6, 6.07) is 21.6. The highest BCUT2D eigenvalue weighted by atomic mass is 35.5. The second-order valence-electron chi connectivity index (χ2n) is 8.05. The summed E-state index contributed by atoms with van der Waals surface area (Å²) in [5, 5.41) is 10.0. The fourth-order valence-corrected chi connectivity index (χ4v) is 4.48. The maximum Gasteiger partial charge on any atom is 0.336 e. The first kappa shape index (κ1) is 21.1. The second-order valence-corrected chi connectivity index (χ2v) is 8.45. The predicted molar refractivity (Wildman–Crippen MR) is 133 cm³/mol. The third-order valence-corrected chi connectivity index (χ3v) is 6.23. The van der Waals surface area contributed by atoms with Crippen LogP contribution in [0.4, 0.5) is 0 Å². The molecule has 8 nitrogen and oxygen atoms in total. The minimum absolute atomic E-state index is 0.0250. The molecule has 172 valence electrons. The molecule has 0 amide bonds. The molecule has 0 atom stereocenters. The van der Waals surface area contributed by atoms with Crippen LogP contribution >= 0.6 is 11.6 Å². The molecule has 0 aliphatic carbocycles. The minimum atomic E-state index is -0.472. The van der Waals surface area contributed by atoms with E-state index < -0.39 is 5.63 Å². The molecule has 0 saturated heterocycles. The summed E-state index contributed by atoms with van der Waals surface area (Å²) in [5.41, 5.74) is 2.01. The van der Waals surface area contributed by atoms with Crippen molar-refractivity contribution in [1.82, 2.24) is 19.2 Å². The third-order valence-electron chi connectivity index (χ3n) is 5.93. The number of aryl methyl sites for hydroxylation is 1. The molecule has 3 aromatic carbocycles. The van der Waals surface area contributed by atoms with Crippen molar-refractivity contribution in [1.29, 1.82) is 0 Å². The van der Waals surface area contributed by atoms with Gasteiger partial charge >= 0.3 is 5.63 Å². The van der Waals surface area contributed by atoms with Gasteiger partial charge in [-0.25, -0.2) is 4.79 Å². The average molecular weight is 485 g/mol. The second kappa shape index (κ2) is 8.11. The van der Waals surface area contributed by atoms with Gasteiger partial charge in [0.2, 0.25) is 5.78 Å². The van der Waals surface area contributed by atoms with Crippen molar-refractivity contribution in [3.8, 4) is 16.9 Å². The van der Waals surface area contributed by atoms with E-state index >= 15 is 0 Å². The number of fused-ring (bicyclic) bond motifs is 4. The van der Waals surface area contributed by atoms with E-state index in [4.69, 9.17) is 20.8 Å². The molecule has 0 N–H and O–H groups in total. The highest BCUT2D eigenvalue weighted by molar-refractivity contribution is 6.33. The van der Waals surface area contributed by atoms with Crippen molar-refractivity contribution in [3.63, 3.8) is 0 Å². The molecule has 9 heteroatoms. The van der Waals surface area contributed by atoms with E-state index in [0.29, 0.717) is 44.2 Å². The van der Waals surface area contributed by atoms with E-state index in [1.165, 1.54) is 10.6 Å². The highest BCUT2D eigenvalue weighted by Gasteiger charge is 2.17. The summed E-state index contributed by atoms with van der Waals surface area (Å²) in [6.07, 6.45) is 0. The monoisotopic (exact) mass is 484 g/mol. The van der Waals surface area contributed by atoms with Gasteiger partial charge in [-0.05, 0) is 29.3 Å². The quantitative estimate of drug-likeness (QED) is 0.340. The zero-order chi connectivity index (χ0) is 24.1. The van der Waals surface area contributed by atoms with Gasteiger partial charge in [0.25, 0.3) is 5.56 Å². The van der Waals surface area contributed by atoms with Crippen LogP contribution in [0.1, 0.15) is 5.82 Å². The molecule has 0 saturated carbocycles. The van der Waals surface area contributed by atoms with Crippen LogP contribution in [0.15, 0.2) is 86.8 Å². The molecule has 0 unspecified atom stereocenters. The Hall–Kier alpha value is -4.43. The van der Waals surface area contributed by atoms with Crippen molar-refractivity contribution in [3.05, 3.63) is 104 Å². The molecule has 6 aromatic rings. The lowest BCUT2D eigenvalue weighted by atomic mass is 10.0. The van der Waals surface area contributed by atoms with Crippen LogP contribution in [-0.2, 0) is 13.7 Å². The maximum atomic E-state index is 12.7. The number of para-hydroxylation sites is 1. The van der Waals surface area contributed by atoms with E-state index in [-0.39, 0.29) is 12.2 Å². The number of hydrogen-bond acceptors (Lipinski definition) is 6. The molecule has 0 aliphatic rings. The van der Waals surface area contributed by atoms with E-state index in [2.05, 4.69) is 10.2 Å². The van der Waals surface area contributed by atoms with Crippen molar-refractivity contribution in [2.24, 2.45) is 7.05 Å². The zero-order valence-electron chi connectivity index (χ0n) is 18.4. The van der Waals surface area contributed by atoms with Gasteiger partial charge in [0, 0.05) is 24.6 Å². The first-order valence-corrected chi connectivity index (χ1v) is 11.2. The number of rotatable bonds is 4. The molecule has 3 heterocycles. The molecule has 0 aliphatic heterocycles. The fourth-order valence-electron chi connectivity index (χ4n) is 4.26. The Bertz CT molecular complexity index is 1870. The Morgan fingerprint density at radius 3 is 2.54 bits per heavy atom. The Morgan fingerprint density at radius 2 is 1.71 bits per heavy atom. The van der Waals surface area contributed by atoms with Gasteiger partial charge in [-0.2, -0.15) is 0 Å². The molecule has 0 bridgehead atoms. The van der Waals surface area contributed by atoms with Gasteiger partial charge in [-0.15, -0.1) is 10.2 Å². The lowest BCUT2D eigenvalue weighted by Crippen LogP contribution is -2.20.